The minimum atomic E-state index is -3.93. The molecule has 5 nitrogen and oxygen atoms in total. The van der Waals surface area contributed by atoms with Gasteiger partial charge in [-0.2, -0.15) is 0 Å². The van der Waals surface area contributed by atoms with Gasteiger partial charge in [-0.15, -0.1) is 0 Å². The smallest absolute Gasteiger partial charge is 0.243 e. The summed E-state index contributed by atoms with van der Waals surface area (Å²) in [7, 11) is -1.97. The van der Waals surface area contributed by atoms with Crippen molar-refractivity contribution < 1.29 is 17.9 Å². The topological polar surface area (TPSA) is 69.6 Å². The highest BCUT2D eigenvalue weighted by molar-refractivity contribution is 7.89. The lowest BCUT2D eigenvalue weighted by Crippen LogP contribution is -2.29. The van der Waals surface area contributed by atoms with Crippen LogP contribution in [-0.2, 0) is 23.2 Å². The Morgan fingerprint density at radius 2 is 1.84 bits per heavy atom. The van der Waals surface area contributed by atoms with Crippen LogP contribution in [0.4, 0.5) is 4.39 Å². The average molecular weight is 366 g/mol. The zero-order chi connectivity index (χ0) is 18.3. The minimum absolute atomic E-state index is 0.213. The van der Waals surface area contributed by atoms with Crippen LogP contribution in [0.2, 0.25) is 0 Å². The average Bonchev–Trinajstić information content (AvgIpc) is 2.60. The Labute approximate surface area is 148 Å². The second-order valence-electron chi connectivity index (χ2n) is 5.90. The Morgan fingerprint density at radius 3 is 2.52 bits per heavy atom. The van der Waals surface area contributed by atoms with E-state index in [4.69, 9.17) is 5.11 Å². The van der Waals surface area contributed by atoms with Gasteiger partial charge in [0.2, 0.25) is 10.0 Å². The molecule has 0 amide bonds. The number of rotatable bonds is 9. The monoisotopic (exact) mass is 366 g/mol. The molecule has 7 heteroatoms. The number of hydrogen-bond acceptors (Lipinski definition) is 4. The molecule has 0 bridgehead atoms. The first kappa shape index (κ1) is 19.5. The van der Waals surface area contributed by atoms with Gasteiger partial charge < -0.3 is 10.0 Å². The second-order valence-corrected chi connectivity index (χ2v) is 7.63. The first-order valence-corrected chi connectivity index (χ1v) is 9.52. The predicted molar refractivity (Wildman–Crippen MR) is 94.9 cm³/mol. The van der Waals surface area contributed by atoms with Crippen LogP contribution < -0.4 is 4.72 Å². The molecule has 2 aromatic carbocycles. The Kier molecular flexibility index (Phi) is 7.07. The summed E-state index contributed by atoms with van der Waals surface area (Å²) in [6.45, 7) is 1.36. The normalized spacial score (nSPS) is 11.8. The zero-order valence-corrected chi connectivity index (χ0v) is 15.0. The maximum Gasteiger partial charge on any atom is 0.243 e. The molecule has 0 atom stereocenters. The van der Waals surface area contributed by atoms with E-state index in [2.05, 4.69) is 9.62 Å². The van der Waals surface area contributed by atoms with Gasteiger partial charge in [0.25, 0.3) is 0 Å². The molecule has 0 saturated heterocycles. The molecule has 2 N–H and O–H groups in total. The van der Waals surface area contributed by atoms with E-state index in [-0.39, 0.29) is 13.2 Å². The largest absolute Gasteiger partial charge is 0.392 e. The third kappa shape index (κ3) is 5.89. The zero-order valence-electron chi connectivity index (χ0n) is 14.2. The van der Waals surface area contributed by atoms with E-state index in [1.807, 2.05) is 37.4 Å². The quantitative estimate of drug-likeness (QED) is 0.667. The van der Waals surface area contributed by atoms with Crippen molar-refractivity contribution in [1.82, 2.24) is 9.62 Å². The maximum atomic E-state index is 13.8. The number of sulfonamides is 1. The number of benzene rings is 2. The van der Waals surface area contributed by atoms with Crippen molar-refractivity contribution in [1.29, 1.82) is 0 Å². The fourth-order valence-corrected chi connectivity index (χ4v) is 3.66. The van der Waals surface area contributed by atoms with Crippen LogP contribution in [0.3, 0.4) is 0 Å². The van der Waals surface area contributed by atoms with Crippen LogP contribution in [0.15, 0.2) is 53.4 Å². The van der Waals surface area contributed by atoms with E-state index >= 15 is 0 Å². The van der Waals surface area contributed by atoms with Gasteiger partial charge in [-0.25, -0.2) is 17.5 Å². The van der Waals surface area contributed by atoms with Gasteiger partial charge >= 0.3 is 0 Å². The molecule has 0 aromatic heterocycles. The Hall–Kier alpha value is -1.80. The number of halogens is 1. The lowest BCUT2D eigenvalue weighted by molar-refractivity contribution is 0.281. The van der Waals surface area contributed by atoms with Gasteiger partial charge in [0.05, 0.1) is 6.61 Å². The summed E-state index contributed by atoms with van der Waals surface area (Å²) in [4.78, 5) is 1.66. The molecule has 0 aliphatic rings. The molecule has 2 rings (SSSR count). The van der Waals surface area contributed by atoms with Gasteiger partial charge in [-0.3, -0.25) is 0 Å². The van der Waals surface area contributed by atoms with E-state index in [1.165, 1.54) is 11.6 Å². The Morgan fingerprint density at radius 1 is 1.12 bits per heavy atom. The summed E-state index contributed by atoms with van der Waals surface area (Å²) >= 11 is 0. The minimum Gasteiger partial charge on any atom is -0.392 e. The third-order valence-electron chi connectivity index (χ3n) is 3.77. The van der Waals surface area contributed by atoms with Crippen LogP contribution in [-0.4, -0.2) is 38.6 Å². The van der Waals surface area contributed by atoms with Crippen LogP contribution in [0, 0.1) is 5.82 Å². The van der Waals surface area contributed by atoms with Gasteiger partial charge in [-0.1, -0.05) is 36.4 Å². The summed E-state index contributed by atoms with van der Waals surface area (Å²) in [6.07, 6.45) is 0.601. The summed E-state index contributed by atoms with van der Waals surface area (Å²) in [6, 6.07) is 13.5. The molecular formula is C18H23FN2O3S. The van der Waals surface area contributed by atoms with Gasteiger partial charge in [0, 0.05) is 13.1 Å². The molecule has 0 unspecified atom stereocenters. The summed E-state index contributed by atoms with van der Waals surface area (Å²) in [5, 5.41) is 9.07. The molecule has 25 heavy (non-hydrogen) atoms. The highest BCUT2D eigenvalue weighted by Gasteiger charge is 2.19. The van der Waals surface area contributed by atoms with Crippen molar-refractivity contribution in [2.45, 2.75) is 24.5 Å². The van der Waals surface area contributed by atoms with E-state index in [1.54, 1.807) is 0 Å². The highest BCUT2D eigenvalue weighted by atomic mass is 32.2. The molecular weight excluding hydrogens is 343 g/mol. The molecule has 2 aromatic rings. The SMILES string of the molecule is CN(CCCNS(=O)(=O)c1cc(CO)ccc1F)Cc1ccccc1. The first-order valence-electron chi connectivity index (χ1n) is 8.04. The van der Waals surface area contributed by atoms with E-state index < -0.39 is 20.7 Å². The Balaban J connectivity index is 1.84. The van der Waals surface area contributed by atoms with Crippen molar-refractivity contribution in [2.24, 2.45) is 0 Å². The number of aliphatic hydroxyl groups is 1. The maximum absolute atomic E-state index is 13.8. The fourth-order valence-electron chi connectivity index (χ4n) is 2.46. The lowest BCUT2D eigenvalue weighted by Gasteiger charge is -2.17. The van der Waals surface area contributed by atoms with E-state index in [9.17, 15) is 12.8 Å². The van der Waals surface area contributed by atoms with Crippen molar-refractivity contribution in [3.63, 3.8) is 0 Å². The van der Waals surface area contributed by atoms with Crippen LogP contribution >= 0.6 is 0 Å². The van der Waals surface area contributed by atoms with Crippen LogP contribution in [0.25, 0.3) is 0 Å². The van der Waals surface area contributed by atoms with Crippen molar-refractivity contribution in [3.8, 4) is 0 Å². The van der Waals surface area contributed by atoms with E-state index in [0.29, 0.717) is 18.5 Å². The summed E-state index contributed by atoms with van der Waals surface area (Å²) in [5.41, 5.74) is 1.54. The molecule has 0 saturated carbocycles. The molecule has 0 radical (unpaired) electrons. The van der Waals surface area contributed by atoms with Crippen molar-refractivity contribution in [2.75, 3.05) is 20.1 Å². The molecule has 136 valence electrons. The van der Waals surface area contributed by atoms with Crippen molar-refractivity contribution in [3.05, 3.63) is 65.5 Å². The highest BCUT2D eigenvalue weighted by Crippen LogP contribution is 2.16. The second kappa shape index (κ2) is 9.05. The number of aliphatic hydroxyl groups excluding tert-OH is 1. The van der Waals surface area contributed by atoms with Gasteiger partial charge in [0.15, 0.2) is 0 Å². The molecule has 0 fully saturated rings. The van der Waals surface area contributed by atoms with Gasteiger partial charge in [0.1, 0.15) is 10.7 Å². The number of nitrogens with one attached hydrogen (secondary N) is 1. The van der Waals surface area contributed by atoms with Crippen LogP contribution in [0.5, 0.6) is 0 Å². The lowest BCUT2D eigenvalue weighted by atomic mass is 10.2. The summed E-state index contributed by atoms with van der Waals surface area (Å²) < 4.78 is 40.6. The molecule has 0 aliphatic heterocycles. The standard InChI is InChI=1S/C18H23FN2O3S/c1-21(13-15-6-3-2-4-7-15)11-5-10-20-25(23,24)18-12-16(14-22)8-9-17(18)19/h2-4,6-9,12,20,22H,5,10-11,13-14H2,1H3. The molecule has 0 heterocycles. The molecule has 0 aliphatic carbocycles. The Bertz CT molecular complexity index is 782. The van der Waals surface area contributed by atoms with E-state index in [0.717, 1.165) is 18.7 Å². The van der Waals surface area contributed by atoms with Gasteiger partial charge in [-0.05, 0) is 43.3 Å². The predicted octanol–water partition coefficient (Wildman–Crippen LogP) is 2.12. The van der Waals surface area contributed by atoms with Crippen LogP contribution in [0.1, 0.15) is 17.5 Å². The fraction of sp³-hybridized carbons (Fsp3) is 0.333. The third-order valence-corrected chi connectivity index (χ3v) is 5.25. The molecule has 0 spiro atoms. The summed E-state index contributed by atoms with van der Waals surface area (Å²) in [5.74, 6) is -0.828. The number of hydrogen-bond donors (Lipinski definition) is 2. The first-order chi connectivity index (χ1) is 11.9. The number of nitrogens with zero attached hydrogens (tertiary/aromatic N) is 1. The van der Waals surface area contributed by atoms with Crippen molar-refractivity contribution >= 4 is 10.0 Å².